The fourth-order valence-electron chi connectivity index (χ4n) is 2.34. The van der Waals surface area contributed by atoms with Crippen LogP contribution in [0.2, 0.25) is 5.02 Å². The van der Waals surface area contributed by atoms with Gasteiger partial charge in [0.15, 0.2) is 0 Å². The van der Waals surface area contributed by atoms with Crippen LogP contribution in [0.15, 0.2) is 48.5 Å². The summed E-state index contributed by atoms with van der Waals surface area (Å²) in [6.07, 6.45) is 1.98. The van der Waals surface area contributed by atoms with Crippen molar-refractivity contribution in [2.24, 2.45) is 0 Å². The third kappa shape index (κ3) is 6.57. The molecular weight excluding hydrogens is 340 g/mol. The third-order valence-corrected chi connectivity index (χ3v) is 3.84. The summed E-state index contributed by atoms with van der Waals surface area (Å²) in [4.78, 5) is 23.7. The Hall–Kier alpha value is -2.37. The monoisotopic (exact) mass is 360 g/mol. The smallest absolute Gasteiger partial charge is 0.250 e. The van der Waals surface area contributed by atoms with Gasteiger partial charge in [0.25, 0.3) is 0 Å². The van der Waals surface area contributed by atoms with Crippen LogP contribution < -0.4 is 10.6 Å². The molecule has 2 amide bonds. The number of ether oxygens (including phenoxy) is 1. The summed E-state index contributed by atoms with van der Waals surface area (Å²) in [5.41, 5.74) is 2.23. The van der Waals surface area contributed by atoms with Crippen molar-refractivity contribution in [3.05, 3.63) is 59.1 Å². The SMILES string of the molecule is COCC(=O)Nc1ccc(Cl)c(NC(=O)CCCc2ccccc2)c1. The Kier molecular flexibility index (Phi) is 7.44. The highest BCUT2D eigenvalue weighted by Crippen LogP contribution is 2.26. The van der Waals surface area contributed by atoms with E-state index in [4.69, 9.17) is 16.3 Å². The molecule has 5 nitrogen and oxygen atoms in total. The van der Waals surface area contributed by atoms with Gasteiger partial charge in [-0.3, -0.25) is 9.59 Å². The van der Waals surface area contributed by atoms with E-state index < -0.39 is 0 Å². The zero-order valence-electron chi connectivity index (χ0n) is 14.0. The zero-order chi connectivity index (χ0) is 18.1. The Morgan fingerprint density at radius 1 is 1.04 bits per heavy atom. The van der Waals surface area contributed by atoms with E-state index in [-0.39, 0.29) is 18.4 Å². The Bertz CT molecular complexity index is 720. The van der Waals surface area contributed by atoms with Gasteiger partial charge in [-0.25, -0.2) is 0 Å². The number of rotatable bonds is 8. The van der Waals surface area contributed by atoms with Crippen LogP contribution in [0.5, 0.6) is 0 Å². The predicted octanol–water partition coefficient (Wildman–Crippen LogP) is 3.89. The number of carbonyl (C=O) groups is 2. The van der Waals surface area contributed by atoms with Gasteiger partial charge in [-0.1, -0.05) is 41.9 Å². The first-order valence-electron chi connectivity index (χ1n) is 8.00. The summed E-state index contributed by atoms with van der Waals surface area (Å²) >= 11 is 6.12. The van der Waals surface area contributed by atoms with E-state index in [1.54, 1.807) is 18.2 Å². The summed E-state index contributed by atoms with van der Waals surface area (Å²) in [6.45, 7) is -0.0379. The van der Waals surface area contributed by atoms with E-state index in [0.717, 1.165) is 12.8 Å². The maximum absolute atomic E-state index is 12.1. The molecule has 2 N–H and O–H groups in total. The number of halogens is 1. The lowest BCUT2D eigenvalue weighted by Gasteiger charge is -2.10. The number of amides is 2. The Morgan fingerprint density at radius 3 is 2.52 bits per heavy atom. The Morgan fingerprint density at radius 2 is 1.80 bits per heavy atom. The average Bonchev–Trinajstić information content (AvgIpc) is 2.59. The van der Waals surface area contributed by atoms with Crippen LogP contribution in [0.25, 0.3) is 0 Å². The molecule has 0 saturated heterocycles. The van der Waals surface area contributed by atoms with Crippen molar-refractivity contribution in [2.45, 2.75) is 19.3 Å². The summed E-state index contributed by atoms with van der Waals surface area (Å²) in [7, 11) is 1.45. The van der Waals surface area contributed by atoms with Crippen LogP contribution in [0.4, 0.5) is 11.4 Å². The lowest BCUT2D eigenvalue weighted by molar-refractivity contribution is -0.119. The maximum atomic E-state index is 12.1. The molecule has 2 aromatic carbocycles. The van der Waals surface area contributed by atoms with Gasteiger partial charge in [-0.05, 0) is 36.6 Å². The van der Waals surface area contributed by atoms with Gasteiger partial charge in [0.2, 0.25) is 11.8 Å². The van der Waals surface area contributed by atoms with Gasteiger partial charge < -0.3 is 15.4 Å². The number of hydrogen-bond donors (Lipinski definition) is 2. The van der Waals surface area contributed by atoms with Crippen LogP contribution >= 0.6 is 11.6 Å². The molecule has 6 heteroatoms. The normalized spacial score (nSPS) is 10.3. The number of anilines is 2. The molecule has 2 aromatic rings. The van der Waals surface area contributed by atoms with E-state index in [1.807, 2.05) is 30.3 Å². The van der Waals surface area contributed by atoms with Crippen LogP contribution in [0, 0.1) is 0 Å². The number of benzene rings is 2. The highest BCUT2D eigenvalue weighted by Gasteiger charge is 2.09. The van der Waals surface area contributed by atoms with Gasteiger partial charge in [0.1, 0.15) is 6.61 Å². The van der Waals surface area contributed by atoms with E-state index in [0.29, 0.717) is 22.8 Å². The predicted molar refractivity (Wildman–Crippen MR) is 100.0 cm³/mol. The number of hydrogen-bond acceptors (Lipinski definition) is 3. The van der Waals surface area contributed by atoms with Crippen molar-refractivity contribution in [2.75, 3.05) is 24.4 Å². The van der Waals surface area contributed by atoms with Crippen molar-refractivity contribution >= 4 is 34.8 Å². The molecule has 0 unspecified atom stereocenters. The zero-order valence-corrected chi connectivity index (χ0v) is 14.8. The van der Waals surface area contributed by atoms with E-state index in [2.05, 4.69) is 10.6 Å². The molecular formula is C19H21ClN2O3. The molecule has 25 heavy (non-hydrogen) atoms. The van der Waals surface area contributed by atoms with Gasteiger partial charge in [0, 0.05) is 19.2 Å². The van der Waals surface area contributed by atoms with Crippen LogP contribution in [-0.4, -0.2) is 25.5 Å². The molecule has 0 fully saturated rings. The van der Waals surface area contributed by atoms with Crippen LogP contribution in [0.1, 0.15) is 18.4 Å². The number of carbonyl (C=O) groups excluding carboxylic acids is 2. The quantitative estimate of drug-likeness (QED) is 0.750. The minimum Gasteiger partial charge on any atom is -0.375 e. The summed E-state index contributed by atoms with van der Waals surface area (Å²) in [6, 6.07) is 14.9. The van der Waals surface area contributed by atoms with Crippen molar-refractivity contribution in [3.8, 4) is 0 Å². The number of methoxy groups -OCH3 is 1. The van der Waals surface area contributed by atoms with Crippen molar-refractivity contribution < 1.29 is 14.3 Å². The minimum absolute atomic E-state index is 0.0379. The standard InChI is InChI=1S/C19H21ClN2O3/c1-25-13-19(24)21-15-10-11-16(20)17(12-15)22-18(23)9-5-8-14-6-3-2-4-7-14/h2-4,6-7,10-12H,5,8-9,13H2,1H3,(H,21,24)(H,22,23). The molecule has 0 aliphatic carbocycles. The van der Waals surface area contributed by atoms with Gasteiger partial charge in [0.05, 0.1) is 10.7 Å². The third-order valence-electron chi connectivity index (χ3n) is 3.51. The molecule has 0 radical (unpaired) electrons. The van der Waals surface area contributed by atoms with Gasteiger partial charge in [-0.2, -0.15) is 0 Å². The topological polar surface area (TPSA) is 67.4 Å². The minimum atomic E-state index is -0.273. The molecule has 0 aliphatic heterocycles. The molecule has 0 bridgehead atoms. The molecule has 0 atom stereocenters. The summed E-state index contributed by atoms with van der Waals surface area (Å²) in [5.74, 6) is -0.386. The van der Waals surface area contributed by atoms with E-state index >= 15 is 0 Å². The maximum Gasteiger partial charge on any atom is 0.250 e. The second-order valence-corrected chi connectivity index (χ2v) is 5.97. The molecule has 0 aromatic heterocycles. The second-order valence-electron chi connectivity index (χ2n) is 5.56. The molecule has 0 saturated carbocycles. The molecule has 132 valence electrons. The fourth-order valence-corrected chi connectivity index (χ4v) is 2.50. The first-order chi connectivity index (χ1) is 12.1. The Labute approximate surface area is 152 Å². The lowest BCUT2D eigenvalue weighted by Crippen LogP contribution is -2.17. The first-order valence-corrected chi connectivity index (χ1v) is 8.38. The van der Waals surface area contributed by atoms with Gasteiger partial charge >= 0.3 is 0 Å². The lowest BCUT2D eigenvalue weighted by atomic mass is 10.1. The summed E-state index contributed by atoms with van der Waals surface area (Å²) < 4.78 is 4.77. The fraction of sp³-hybridized carbons (Fsp3) is 0.263. The highest BCUT2D eigenvalue weighted by atomic mass is 35.5. The molecule has 2 rings (SSSR count). The Balaban J connectivity index is 1.87. The van der Waals surface area contributed by atoms with Crippen LogP contribution in [0.3, 0.4) is 0 Å². The largest absolute Gasteiger partial charge is 0.375 e. The van der Waals surface area contributed by atoms with Crippen molar-refractivity contribution in [3.63, 3.8) is 0 Å². The van der Waals surface area contributed by atoms with Crippen molar-refractivity contribution in [1.82, 2.24) is 0 Å². The number of nitrogens with one attached hydrogen (secondary N) is 2. The second kappa shape index (κ2) is 9.81. The molecule has 0 aliphatic rings. The molecule has 0 heterocycles. The summed E-state index contributed by atoms with van der Waals surface area (Å²) in [5, 5.41) is 5.88. The number of aryl methyl sites for hydroxylation is 1. The van der Waals surface area contributed by atoms with Crippen LogP contribution in [-0.2, 0) is 20.7 Å². The molecule has 0 spiro atoms. The van der Waals surface area contributed by atoms with E-state index in [1.165, 1.54) is 12.7 Å². The van der Waals surface area contributed by atoms with Gasteiger partial charge in [-0.15, -0.1) is 0 Å². The van der Waals surface area contributed by atoms with E-state index in [9.17, 15) is 9.59 Å². The first kappa shape index (κ1) is 19.0. The highest BCUT2D eigenvalue weighted by molar-refractivity contribution is 6.33. The average molecular weight is 361 g/mol. The van der Waals surface area contributed by atoms with Crippen molar-refractivity contribution in [1.29, 1.82) is 0 Å².